The van der Waals surface area contributed by atoms with Gasteiger partial charge in [-0.25, -0.2) is 4.98 Å². The number of rotatable bonds is 4. The summed E-state index contributed by atoms with van der Waals surface area (Å²) in [6.45, 7) is 7.48. The van der Waals surface area contributed by atoms with E-state index in [1.54, 1.807) is 0 Å². The highest BCUT2D eigenvalue weighted by molar-refractivity contribution is 5.05. The Balaban J connectivity index is 1.97. The lowest BCUT2D eigenvalue weighted by atomic mass is 10.2. The maximum atomic E-state index is 4.50. The van der Waals surface area contributed by atoms with Crippen LogP contribution < -0.4 is 5.32 Å². The van der Waals surface area contributed by atoms with Gasteiger partial charge in [0.1, 0.15) is 5.82 Å². The summed E-state index contributed by atoms with van der Waals surface area (Å²) in [5.41, 5.74) is 1.26. The van der Waals surface area contributed by atoms with E-state index in [1.165, 1.54) is 37.2 Å². The minimum Gasteiger partial charge on any atom is -0.329 e. The molecule has 0 spiro atoms. The van der Waals surface area contributed by atoms with Gasteiger partial charge in [-0.1, -0.05) is 12.8 Å². The molecule has 16 heavy (non-hydrogen) atoms. The van der Waals surface area contributed by atoms with Gasteiger partial charge in [-0.05, 0) is 33.6 Å². The number of hydrogen-bond donors (Lipinski definition) is 1. The van der Waals surface area contributed by atoms with Gasteiger partial charge in [0, 0.05) is 24.0 Å². The van der Waals surface area contributed by atoms with Crippen molar-refractivity contribution >= 4 is 0 Å². The van der Waals surface area contributed by atoms with Crippen LogP contribution in [-0.4, -0.2) is 15.6 Å². The molecule has 0 aromatic carbocycles. The first-order valence-corrected chi connectivity index (χ1v) is 6.44. The Labute approximate surface area is 98.3 Å². The summed E-state index contributed by atoms with van der Waals surface area (Å²) < 4.78 is 2.32. The molecule has 0 unspecified atom stereocenters. The molecule has 0 aliphatic heterocycles. The van der Waals surface area contributed by atoms with Crippen molar-refractivity contribution < 1.29 is 0 Å². The van der Waals surface area contributed by atoms with E-state index in [9.17, 15) is 0 Å². The third-order valence-electron chi connectivity index (χ3n) is 3.48. The van der Waals surface area contributed by atoms with Crippen molar-refractivity contribution in [3.63, 3.8) is 0 Å². The maximum absolute atomic E-state index is 4.50. The lowest BCUT2D eigenvalue weighted by Crippen LogP contribution is -2.27. The van der Waals surface area contributed by atoms with E-state index in [1.807, 2.05) is 6.20 Å². The Morgan fingerprint density at radius 2 is 2.12 bits per heavy atom. The van der Waals surface area contributed by atoms with Crippen LogP contribution in [0.2, 0.25) is 0 Å². The zero-order chi connectivity index (χ0) is 11.5. The Bertz CT molecular complexity index is 335. The van der Waals surface area contributed by atoms with Crippen LogP contribution in [0.3, 0.4) is 0 Å². The van der Waals surface area contributed by atoms with Crippen LogP contribution in [0.4, 0.5) is 0 Å². The van der Waals surface area contributed by atoms with Crippen molar-refractivity contribution in [2.75, 3.05) is 0 Å². The third-order valence-corrected chi connectivity index (χ3v) is 3.48. The zero-order valence-electron chi connectivity index (χ0n) is 10.7. The molecule has 0 atom stereocenters. The van der Waals surface area contributed by atoms with E-state index < -0.39 is 0 Å². The molecule has 1 aliphatic rings. The smallest absolute Gasteiger partial charge is 0.123 e. The second-order valence-electron chi connectivity index (χ2n) is 5.14. The zero-order valence-corrected chi connectivity index (χ0v) is 10.7. The number of nitrogens with zero attached hydrogens (tertiary/aromatic N) is 2. The van der Waals surface area contributed by atoms with Crippen molar-refractivity contribution in [3.8, 4) is 0 Å². The quantitative estimate of drug-likeness (QED) is 0.847. The van der Waals surface area contributed by atoms with E-state index in [-0.39, 0.29) is 0 Å². The van der Waals surface area contributed by atoms with Crippen LogP contribution in [0.15, 0.2) is 6.20 Å². The van der Waals surface area contributed by atoms with Gasteiger partial charge in [0.05, 0.1) is 6.54 Å². The molecule has 3 nitrogen and oxygen atoms in total. The van der Waals surface area contributed by atoms with Gasteiger partial charge in [-0.3, -0.25) is 0 Å². The number of imidazole rings is 1. The summed E-state index contributed by atoms with van der Waals surface area (Å²) in [6.07, 6.45) is 7.42. The van der Waals surface area contributed by atoms with Crippen LogP contribution in [0, 0.1) is 6.92 Å². The predicted octanol–water partition coefficient (Wildman–Crippen LogP) is 2.80. The minimum absolute atomic E-state index is 0.503. The largest absolute Gasteiger partial charge is 0.329 e. The molecule has 1 aliphatic carbocycles. The highest BCUT2D eigenvalue weighted by Gasteiger charge is 2.16. The Kier molecular flexibility index (Phi) is 3.64. The Morgan fingerprint density at radius 1 is 1.44 bits per heavy atom. The van der Waals surface area contributed by atoms with Crippen LogP contribution in [0.25, 0.3) is 0 Å². The number of aryl methyl sites for hydroxylation is 1. The first-order valence-electron chi connectivity index (χ1n) is 6.44. The number of nitrogens with one attached hydrogen (secondary N) is 1. The molecule has 0 radical (unpaired) electrons. The van der Waals surface area contributed by atoms with Crippen LogP contribution in [-0.2, 0) is 6.54 Å². The Hall–Kier alpha value is -0.830. The lowest BCUT2D eigenvalue weighted by Gasteiger charge is -2.16. The van der Waals surface area contributed by atoms with Crippen molar-refractivity contribution in [3.05, 3.63) is 17.7 Å². The van der Waals surface area contributed by atoms with Crippen molar-refractivity contribution in [1.29, 1.82) is 0 Å². The summed E-state index contributed by atoms with van der Waals surface area (Å²) in [7, 11) is 0. The first kappa shape index (κ1) is 11.6. The molecule has 0 amide bonds. The molecule has 1 aromatic rings. The summed E-state index contributed by atoms with van der Waals surface area (Å²) >= 11 is 0. The van der Waals surface area contributed by atoms with E-state index in [0.717, 1.165) is 12.6 Å². The lowest BCUT2D eigenvalue weighted by molar-refractivity contribution is 0.481. The van der Waals surface area contributed by atoms with E-state index >= 15 is 0 Å². The average molecular weight is 221 g/mol. The van der Waals surface area contributed by atoms with Gasteiger partial charge < -0.3 is 9.88 Å². The highest BCUT2D eigenvalue weighted by Crippen LogP contribution is 2.19. The van der Waals surface area contributed by atoms with Crippen molar-refractivity contribution in [2.45, 2.75) is 65.1 Å². The normalized spacial score (nSPS) is 17.5. The van der Waals surface area contributed by atoms with Gasteiger partial charge in [-0.15, -0.1) is 0 Å². The molecule has 3 heteroatoms. The highest BCUT2D eigenvalue weighted by atomic mass is 15.1. The summed E-state index contributed by atoms with van der Waals surface area (Å²) in [5, 5.41) is 3.62. The minimum atomic E-state index is 0.503. The Morgan fingerprint density at radius 3 is 2.75 bits per heavy atom. The number of hydrogen-bond acceptors (Lipinski definition) is 2. The van der Waals surface area contributed by atoms with E-state index in [4.69, 9.17) is 0 Å². The second-order valence-corrected chi connectivity index (χ2v) is 5.14. The monoisotopic (exact) mass is 221 g/mol. The standard InChI is InChI=1S/C13H23N3/c1-10(2)16-11(3)8-15-13(16)9-14-12-6-4-5-7-12/h8,10,12,14H,4-7,9H2,1-3H3. The molecule has 0 saturated heterocycles. The van der Waals surface area contributed by atoms with Crippen LogP contribution >= 0.6 is 0 Å². The van der Waals surface area contributed by atoms with Gasteiger partial charge in [0.15, 0.2) is 0 Å². The molecule has 90 valence electrons. The predicted molar refractivity (Wildman–Crippen MR) is 66.4 cm³/mol. The van der Waals surface area contributed by atoms with Gasteiger partial charge in [-0.2, -0.15) is 0 Å². The number of aromatic nitrogens is 2. The van der Waals surface area contributed by atoms with Gasteiger partial charge in [0.2, 0.25) is 0 Å². The van der Waals surface area contributed by atoms with Crippen LogP contribution in [0.5, 0.6) is 0 Å². The van der Waals surface area contributed by atoms with E-state index in [2.05, 4.69) is 35.6 Å². The SMILES string of the molecule is Cc1cnc(CNC2CCCC2)n1C(C)C. The molecular formula is C13H23N3. The molecule has 2 rings (SSSR count). The first-order chi connectivity index (χ1) is 7.68. The fourth-order valence-electron chi connectivity index (χ4n) is 2.70. The third kappa shape index (κ3) is 2.46. The molecule has 1 saturated carbocycles. The molecule has 1 aromatic heterocycles. The molecular weight excluding hydrogens is 198 g/mol. The summed E-state index contributed by atoms with van der Waals surface area (Å²) in [4.78, 5) is 4.50. The van der Waals surface area contributed by atoms with Crippen molar-refractivity contribution in [2.24, 2.45) is 0 Å². The molecule has 1 N–H and O–H groups in total. The second kappa shape index (κ2) is 5.00. The van der Waals surface area contributed by atoms with E-state index in [0.29, 0.717) is 6.04 Å². The summed E-state index contributed by atoms with van der Waals surface area (Å²) in [6, 6.07) is 1.22. The van der Waals surface area contributed by atoms with Gasteiger partial charge in [0.25, 0.3) is 0 Å². The average Bonchev–Trinajstić information content (AvgIpc) is 2.83. The van der Waals surface area contributed by atoms with Crippen LogP contribution in [0.1, 0.15) is 57.1 Å². The van der Waals surface area contributed by atoms with Gasteiger partial charge >= 0.3 is 0 Å². The fraction of sp³-hybridized carbons (Fsp3) is 0.769. The molecule has 1 heterocycles. The summed E-state index contributed by atoms with van der Waals surface area (Å²) in [5.74, 6) is 1.18. The maximum Gasteiger partial charge on any atom is 0.123 e. The molecule has 1 fully saturated rings. The van der Waals surface area contributed by atoms with Crippen molar-refractivity contribution in [1.82, 2.24) is 14.9 Å². The fourth-order valence-corrected chi connectivity index (χ4v) is 2.70. The topological polar surface area (TPSA) is 29.9 Å². The molecule has 0 bridgehead atoms.